The Kier molecular flexibility index (Phi) is 2.93. The zero-order valence-electron chi connectivity index (χ0n) is 12.9. The molecule has 0 spiro atoms. The molecule has 4 N–H and O–H groups in total. The summed E-state index contributed by atoms with van der Waals surface area (Å²) in [5.41, 5.74) is 8.43. The van der Waals surface area contributed by atoms with E-state index in [1.807, 2.05) is 0 Å². The number of hydrogen-bond donors (Lipinski definition) is 2. The summed E-state index contributed by atoms with van der Waals surface area (Å²) in [6.45, 7) is 2.81. The van der Waals surface area contributed by atoms with Crippen molar-refractivity contribution in [3.05, 3.63) is 22.5 Å². The van der Waals surface area contributed by atoms with Gasteiger partial charge in [-0.1, -0.05) is 11.6 Å². The molecular weight excluding hydrogens is 317 g/mol. The van der Waals surface area contributed by atoms with Crippen LogP contribution in [0.1, 0.15) is 18.4 Å². The van der Waals surface area contributed by atoms with Crippen molar-refractivity contribution in [2.75, 3.05) is 29.6 Å². The number of rotatable bonds is 2. The smallest absolute Gasteiger partial charge is 0.148 e. The largest absolute Gasteiger partial charge is 0.367 e. The SMILES string of the molecule is NC1C2CN(c3c(F)cc4c(c3Cl)N(C3CC3)CN(N)C4)CC12. The molecule has 4 aliphatic rings. The van der Waals surface area contributed by atoms with Crippen molar-refractivity contribution in [2.24, 2.45) is 23.4 Å². The molecule has 0 bridgehead atoms. The summed E-state index contributed by atoms with van der Waals surface area (Å²) in [6.07, 6.45) is 2.30. The van der Waals surface area contributed by atoms with Crippen LogP contribution in [0.25, 0.3) is 0 Å². The molecule has 7 heteroatoms. The summed E-state index contributed by atoms with van der Waals surface area (Å²) in [4.78, 5) is 4.32. The lowest BCUT2D eigenvalue weighted by molar-refractivity contribution is 0.258. The second-order valence-corrected chi connectivity index (χ2v) is 7.81. The highest BCUT2D eigenvalue weighted by Gasteiger charge is 2.54. The summed E-state index contributed by atoms with van der Waals surface area (Å²) in [6, 6.07) is 2.39. The Balaban J connectivity index is 1.56. The van der Waals surface area contributed by atoms with E-state index in [0.29, 0.717) is 47.8 Å². The maximum atomic E-state index is 14.8. The fourth-order valence-electron chi connectivity index (χ4n) is 4.34. The maximum Gasteiger partial charge on any atom is 0.148 e. The van der Waals surface area contributed by atoms with Gasteiger partial charge in [0.25, 0.3) is 0 Å². The Hall–Kier alpha value is -1.08. The number of nitrogens with zero attached hydrogens (tertiary/aromatic N) is 3. The Morgan fingerprint density at radius 3 is 2.52 bits per heavy atom. The van der Waals surface area contributed by atoms with Crippen molar-refractivity contribution in [2.45, 2.75) is 31.5 Å². The summed E-state index contributed by atoms with van der Waals surface area (Å²) in [5, 5.41) is 2.27. The molecule has 2 aliphatic heterocycles. The Morgan fingerprint density at radius 1 is 1.17 bits per heavy atom. The summed E-state index contributed by atoms with van der Waals surface area (Å²) < 4.78 is 14.8. The summed E-state index contributed by atoms with van der Waals surface area (Å²) in [7, 11) is 0. The van der Waals surface area contributed by atoms with E-state index in [9.17, 15) is 4.39 Å². The van der Waals surface area contributed by atoms with Crippen LogP contribution in [0.15, 0.2) is 6.07 Å². The van der Waals surface area contributed by atoms with Gasteiger partial charge in [-0.2, -0.15) is 0 Å². The molecule has 2 atom stereocenters. The van der Waals surface area contributed by atoms with Crippen molar-refractivity contribution in [1.82, 2.24) is 5.01 Å². The van der Waals surface area contributed by atoms with Crippen molar-refractivity contribution in [3.63, 3.8) is 0 Å². The zero-order valence-corrected chi connectivity index (χ0v) is 13.6. The number of hydrazine groups is 1. The van der Waals surface area contributed by atoms with Crippen LogP contribution in [0, 0.1) is 17.7 Å². The van der Waals surface area contributed by atoms with E-state index in [2.05, 4.69) is 9.80 Å². The Bertz CT molecular complexity index is 667. The van der Waals surface area contributed by atoms with E-state index >= 15 is 0 Å². The Labute approximate surface area is 139 Å². The molecule has 2 unspecified atom stereocenters. The summed E-state index contributed by atoms with van der Waals surface area (Å²) >= 11 is 6.71. The van der Waals surface area contributed by atoms with Crippen molar-refractivity contribution in [3.8, 4) is 0 Å². The molecule has 1 aromatic carbocycles. The highest BCUT2D eigenvalue weighted by molar-refractivity contribution is 6.36. The van der Waals surface area contributed by atoms with Gasteiger partial charge in [0.2, 0.25) is 0 Å². The van der Waals surface area contributed by atoms with Crippen LogP contribution in [-0.2, 0) is 6.54 Å². The van der Waals surface area contributed by atoms with E-state index < -0.39 is 0 Å². The average molecular weight is 338 g/mol. The molecule has 124 valence electrons. The molecule has 2 saturated carbocycles. The molecule has 0 radical (unpaired) electrons. The topological polar surface area (TPSA) is 61.8 Å². The van der Waals surface area contributed by atoms with Gasteiger partial charge in [-0.15, -0.1) is 0 Å². The second-order valence-electron chi connectivity index (χ2n) is 7.43. The van der Waals surface area contributed by atoms with E-state index in [0.717, 1.165) is 37.2 Å². The van der Waals surface area contributed by atoms with Crippen LogP contribution in [0.5, 0.6) is 0 Å². The van der Waals surface area contributed by atoms with E-state index in [1.54, 1.807) is 11.1 Å². The van der Waals surface area contributed by atoms with Gasteiger partial charge in [-0.3, -0.25) is 5.84 Å². The molecule has 0 aromatic heterocycles. The lowest BCUT2D eigenvalue weighted by Gasteiger charge is -2.38. The van der Waals surface area contributed by atoms with Gasteiger partial charge in [0.1, 0.15) is 5.82 Å². The number of benzene rings is 1. The highest BCUT2D eigenvalue weighted by Crippen LogP contribution is 2.50. The molecule has 1 saturated heterocycles. The van der Waals surface area contributed by atoms with Gasteiger partial charge in [-0.25, -0.2) is 9.40 Å². The van der Waals surface area contributed by atoms with Crippen molar-refractivity contribution >= 4 is 23.0 Å². The van der Waals surface area contributed by atoms with Gasteiger partial charge >= 0.3 is 0 Å². The van der Waals surface area contributed by atoms with Gasteiger partial charge in [-0.05, 0) is 36.3 Å². The molecule has 5 nitrogen and oxygen atoms in total. The van der Waals surface area contributed by atoms with Gasteiger partial charge in [0.15, 0.2) is 0 Å². The quantitative estimate of drug-likeness (QED) is 0.801. The van der Waals surface area contributed by atoms with Gasteiger partial charge in [0, 0.05) is 31.7 Å². The predicted molar refractivity (Wildman–Crippen MR) is 88.7 cm³/mol. The first-order valence-corrected chi connectivity index (χ1v) is 8.70. The number of nitrogens with two attached hydrogens (primary N) is 2. The first kappa shape index (κ1) is 14.3. The van der Waals surface area contributed by atoms with Crippen LogP contribution >= 0.6 is 11.6 Å². The number of piperidine rings is 1. The first-order valence-electron chi connectivity index (χ1n) is 8.32. The van der Waals surface area contributed by atoms with E-state index in [4.69, 9.17) is 23.2 Å². The standard InChI is InChI=1S/C16H21ClFN5/c17-13-15-8(4-22(20)7-23(15)9-1-2-9)3-12(18)16(13)21-5-10-11(6-21)14(10)19/h3,9-11,14H,1-2,4-7,19-20H2. The number of anilines is 2. The molecule has 2 heterocycles. The van der Waals surface area contributed by atoms with Crippen LogP contribution < -0.4 is 21.4 Å². The van der Waals surface area contributed by atoms with Crippen molar-refractivity contribution < 1.29 is 4.39 Å². The highest BCUT2D eigenvalue weighted by atomic mass is 35.5. The monoisotopic (exact) mass is 337 g/mol. The fourth-order valence-corrected chi connectivity index (χ4v) is 4.78. The third-order valence-electron chi connectivity index (χ3n) is 5.81. The maximum absolute atomic E-state index is 14.8. The van der Waals surface area contributed by atoms with Gasteiger partial charge < -0.3 is 15.5 Å². The Morgan fingerprint density at radius 2 is 1.87 bits per heavy atom. The minimum Gasteiger partial charge on any atom is -0.367 e. The molecule has 3 fully saturated rings. The number of halogens is 2. The lowest BCUT2D eigenvalue weighted by Crippen LogP contribution is -2.47. The molecule has 2 aliphatic carbocycles. The number of hydrogen-bond acceptors (Lipinski definition) is 5. The number of fused-ring (bicyclic) bond motifs is 2. The van der Waals surface area contributed by atoms with E-state index in [-0.39, 0.29) is 5.82 Å². The molecule has 5 rings (SSSR count). The van der Waals surface area contributed by atoms with Crippen LogP contribution in [-0.4, -0.2) is 36.9 Å². The molecule has 1 aromatic rings. The van der Waals surface area contributed by atoms with Crippen LogP contribution in [0.4, 0.5) is 15.8 Å². The minimum absolute atomic E-state index is 0.241. The fraction of sp³-hybridized carbons (Fsp3) is 0.625. The average Bonchev–Trinajstić information content (AvgIpc) is 3.38. The van der Waals surface area contributed by atoms with Crippen LogP contribution in [0.3, 0.4) is 0 Å². The predicted octanol–water partition coefficient (Wildman–Crippen LogP) is 1.49. The van der Waals surface area contributed by atoms with Gasteiger partial charge in [0.05, 0.1) is 23.1 Å². The second kappa shape index (κ2) is 4.72. The third-order valence-corrected chi connectivity index (χ3v) is 6.16. The first-order chi connectivity index (χ1) is 11.0. The van der Waals surface area contributed by atoms with Crippen molar-refractivity contribution in [1.29, 1.82) is 0 Å². The minimum atomic E-state index is -0.241. The zero-order chi connectivity index (χ0) is 15.9. The molecule has 23 heavy (non-hydrogen) atoms. The van der Waals surface area contributed by atoms with E-state index in [1.165, 1.54) is 0 Å². The lowest BCUT2D eigenvalue weighted by atomic mass is 10.1. The molecule has 0 amide bonds. The summed E-state index contributed by atoms with van der Waals surface area (Å²) in [5.74, 6) is 6.77. The normalized spacial score (nSPS) is 33.0. The van der Waals surface area contributed by atoms with Crippen LogP contribution in [0.2, 0.25) is 5.02 Å². The third kappa shape index (κ3) is 2.09. The molecular formula is C16H21ClFN5.